The van der Waals surface area contributed by atoms with E-state index in [9.17, 15) is 14.4 Å². The monoisotopic (exact) mass is 537 g/mol. The van der Waals surface area contributed by atoms with Crippen molar-refractivity contribution in [2.45, 2.75) is 45.9 Å². The van der Waals surface area contributed by atoms with Gasteiger partial charge in [-0.1, -0.05) is 19.2 Å². The summed E-state index contributed by atoms with van der Waals surface area (Å²) in [6.45, 7) is 13.6. The van der Waals surface area contributed by atoms with Crippen LogP contribution in [-0.4, -0.2) is 54.9 Å². The number of thiazole rings is 1. The van der Waals surface area contributed by atoms with Gasteiger partial charge in [-0.2, -0.15) is 0 Å². The fourth-order valence-corrected chi connectivity index (χ4v) is 4.06. The molecule has 0 saturated heterocycles. The minimum absolute atomic E-state index is 0.152. The van der Waals surface area contributed by atoms with Crippen molar-refractivity contribution in [3.8, 4) is 0 Å². The van der Waals surface area contributed by atoms with Crippen LogP contribution in [0.2, 0.25) is 0 Å². The van der Waals surface area contributed by atoms with Gasteiger partial charge in [-0.15, -0.1) is 11.3 Å². The summed E-state index contributed by atoms with van der Waals surface area (Å²) < 4.78 is 5.58. The average Bonchev–Trinajstić information content (AvgIpc) is 3.50. The molecule has 0 radical (unpaired) electrons. The first kappa shape index (κ1) is 28.3. The Labute approximate surface area is 224 Å². The number of ether oxygens (including phenoxy) is 1. The molecule has 0 bridgehead atoms. The van der Waals surface area contributed by atoms with E-state index in [-0.39, 0.29) is 30.4 Å². The van der Waals surface area contributed by atoms with E-state index in [0.717, 1.165) is 0 Å². The molecule has 3 rings (SSSR count). The number of imidazole rings is 1. The highest BCUT2D eigenvalue weighted by atomic mass is 32.1. The zero-order valence-corrected chi connectivity index (χ0v) is 22.4. The van der Waals surface area contributed by atoms with Crippen molar-refractivity contribution >= 4 is 41.4 Å². The molecule has 200 valence electrons. The Morgan fingerprint density at radius 1 is 1.18 bits per heavy atom. The minimum atomic E-state index is -0.667. The molecule has 0 aliphatic heterocycles. The van der Waals surface area contributed by atoms with Crippen LogP contribution in [0.25, 0.3) is 12.2 Å². The maximum Gasteiger partial charge on any atom is 0.410 e. The largest absolute Gasteiger partial charge is 0.444 e. The third-order valence-electron chi connectivity index (χ3n) is 5.11. The summed E-state index contributed by atoms with van der Waals surface area (Å²) in [6, 6.07) is 3.17. The topological polar surface area (TPSA) is 156 Å². The van der Waals surface area contributed by atoms with E-state index in [1.807, 2.05) is 0 Å². The van der Waals surface area contributed by atoms with E-state index in [4.69, 9.17) is 10.5 Å². The maximum absolute atomic E-state index is 12.9. The second-order valence-corrected chi connectivity index (χ2v) is 10.2. The lowest BCUT2D eigenvalue weighted by molar-refractivity contribution is 0.0231. The second kappa shape index (κ2) is 12.3. The molecular weight excluding hydrogens is 506 g/mol. The van der Waals surface area contributed by atoms with Gasteiger partial charge in [0.15, 0.2) is 0 Å². The first-order valence-corrected chi connectivity index (χ1v) is 12.7. The Morgan fingerprint density at radius 2 is 1.95 bits per heavy atom. The number of nitrogens with one attached hydrogen (secondary N) is 2. The molecule has 0 aromatic carbocycles. The van der Waals surface area contributed by atoms with Gasteiger partial charge in [-0.3, -0.25) is 14.6 Å². The van der Waals surface area contributed by atoms with E-state index in [0.29, 0.717) is 40.7 Å². The molecule has 0 spiro atoms. The lowest BCUT2D eigenvalue weighted by Gasteiger charge is -2.26. The predicted octanol–water partition coefficient (Wildman–Crippen LogP) is 3.56. The second-order valence-electron chi connectivity index (χ2n) is 9.27. The lowest BCUT2D eigenvalue weighted by atomic mass is 10.2. The van der Waals surface area contributed by atoms with Crippen molar-refractivity contribution in [3.63, 3.8) is 0 Å². The third-order valence-corrected chi connectivity index (χ3v) is 6.02. The Balaban J connectivity index is 1.63. The quantitative estimate of drug-likeness (QED) is 0.338. The number of carbonyl (C=O) groups excluding carboxylic acids is 3. The van der Waals surface area contributed by atoms with Crippen LogP contribution in [0.15, 0.2) is 36.9 Å². The zero-order chi connectivity index (χ0) is 27.9. The Kier molecular flexibility index (Phi) is 9.13. The number of aromatic nitrogens is 4. The van der Waals surface area contributed by atoms with E-state index in [1.165, 1.54) is 28.5 Å². The SMILES string of the molecule is C=Cc1nc(CN(CCc2nc(C(=O)NCc3ccc(C(N)=O)nc3)cs2)C(=O)OC(C)(C)C)[nH]c1C=C. The van der Waals surface area contributed by atoms with Gasteiger partial charge in [0, 0.05) is 31.1 Å². The van der Waals surface area contributed by atoms with Crippen LogP contribution >= 0.6 is 11.3 Å². The Morgan fingerprint density at radius 3 is 2.53 bits per heavy atom. The molecule has 38 heavy (non-hydrogen) atoms. The number of hydrogen-bond donors (Lipinski definition) is 3. The molecule has 4 N–H and O–H groups in total. The number of rotatable bonds is 11. The Bertz CT molecular complexity index is 1300. The molecule has 0 atom stereocenters. The van der Waals surface area contributed by atoms with Crippen LogP contribution in [0.1, 0.15) is 69.5 Å². The van der Waals surface area contributed by atoms with Gasteiger partial charge in [0.1, 0.15) is 22.8 Å². The smallest absolute Gasteiger partial charge is 0.410 e. The molecular formula is C26H31N7O4S. The molecule has 3 aromatic rings. The van der Waals surface area contributed by atoms with Gasteiger partial charge >= 0.3 is 6.09 Å². The number of hydrogen-bond acceptors (Lipinski definition) is 8. The number of aromatic amines is 1. The number of pyridine rings is 1. The van der Waals surface area contributed by atoms with E-state index < -0.39 is 17.6 Å². The van der Waals surface area contributed by atoms with Crippen molar-refractivity contribution in [2.24, 2.45) is 5.73 Å². The third kappa shape index (κ3) is 7.84. The van der Waals surface area contributed by atoms with Gasteiger partial charge in [0.05, 0.1) is 22.9 Å². The van der Waals surface area contributed by atoms with Crippen LogP contribution < -0.4 is 11.1 Å². The summed E-state index contributed by atoms with van der Waals surface area (Å²) in [4.78, 5) is 54.1. The maximum atomic E-state index is 12.9. The van der Waals surface area contributed by atoms with Gasteiger partial charge < -0.3 is 25.7 Å². The summed E-state index contributed by atoms with van der Waals surface area (Å²) in [5.41, 5.74) is 7.02. The molecule has 3 amide bonds. The van der Waals surface area contributed by atoms with Crippen molar-refractivity contribution in [1.29, 1.82) is 0 Å². The normalized spacial score (nSPS) is 11.0. The first-order chi connectivity index (χ1) is 18.0. The van der Waals surface area contributed by atoms with Crippen LogP contribution in [0, 0.1) is 0 Å². The molecule has 11 nitrogen and oxygen atoms in total. The molecule has 12 heteroatoms. The highest BCUT2D eigenvalue weighted by Gasteiger charge is 2.24. The van der Waals surface area contributed by atoms with Gasteiger partial charge in [0.2, 0.25) is 0 Å². The van der Waals surface area contributed by atoms with E-state index in [1.54, 1.807) is 44.4 Å². The van der Waals surface area contributed by atoms with Crippen LogP contribution in [-0.2, 0) is 24.2 Å². The summed E-state index contributed by atoms with van der Waals surface area (Å²) in [7, 11) is 0. The zero-order valence-electron chi connectivity index (χ0n) is 21.6. The van der Waals surface area contributed by atoms with Crippen LogP contribution in [0.3, 0.4) is 0 Å². The van der Waals surface area contributed by atoms with Crippen LogP contribution in [0.5, 0.6) is 0 Å². The fourth-order valence-electron chi connectivity index (χ4n) is 3.29. The van der Waals surface area contributed by atoms with Gasteiger partial charge in [-0.05, 0) is 44.6 Å². The van der Waals surface area contributed by atoms with Crippen molar-refractivity contribution in [3.05, 3.63) is 76.0 Å². The first-order valence-electron chi connectivity index (χ1n) is 11.8. The molecule has 0 unspecified atom stereocenters. The summed E-state index contributed by atoms with van der Waals surface area (Å²) in [5, 5.41) is 5.13. The van der Waals surface area contributed by atoms with Crippen molar-refractivity contribution in [1.82, 2.24) is 30.2 Å². The summed E-state index contributed by atoms with van der Waals surface area (Å²) >= 11 is 1.33. The molecule has 0 aliphatic rings. The number of carbonyl (C=O) groups is 3. The fraction of sp³-hybridized carbons (Fsp3) is 0.308. The standard InChI is InChI=1S/C26H31N7O4S/c1-6-17-18(7-2)31-21(30-17)14-33(25(36)37-26(3,4)5)11-10-22-32-20(15-38-22)24(35)29-13-16-8-9-19(23(27)34)28-12-16/h6-9,12,15H,1-2,10-11,13-14H2,3-5H3,(H2,27,34)(H,29,35)(H,30,31). The lowest BCUT2D eigenvalue weighted by Crippen LogP contribution is -2.38. The summed E-state index contributed by atoms with van der Waals surface area (Å²) in [6.07, 6.45) is 4.66. The highest BCUT2D eigenvalue weighted by Crippen LogP contribution is 2.17. The molecule has 0 saturated carbocycles. The van der Waals surface area contributed by atoms with E-state index in [2.05, 4.69) is 38.4 Å². The number of amides is 3. The summed E-state index contributed by atoms with van der Waals surface area (Å²) in [5.74, 6) is -0.397. The van der Waals surface area contributed by atoms with Crippen molar-refractivity contribution in [2.75, 3.05) is 6.54 Å². The Hall–Kier alpha value is -4.32. The number of nitrogens with two attached hydrogens (primary N) is 1. The molecule has 0 fully saturated rings. The molecule has 3 heterocycles. The number of primary amides is 1. The number of H-pyrrole nitrogens is 1. The molecule has 0 aliphatic carbocycles. The van der Waals surface area contributed by atoms with Crippen LogP contribution in [0.4, 0.5) is 4.79 Å². The highest BCUT2D eigenvalue weighted by molar-refractivity contribution is 7.09. The van der Waals surface area contributed by atoms with Gasteiger partial charge in [0.25, 0.3) is 11.8 Å². The minimum Gasteiger partial charge on any atom is -0.444 e. The molecule has 3 aromatic heterocycles. The van der Waals surface area contributed by atoms with Gasteiger partial charge in [-0.25, -0.2) is 14.8 Å². The van der Waals surface area contributed by atoms with E-state index >= 15 is 0 Å². The average molecular weight is 538 g/mol. The predicted molar refractivity (Wildman–Crippen MR) is 145 cm³/mol. The number of nitrogens with zero attached hydrogens (tertiary/aromatic N) is 4. The van der Waals surface area contributed by atoms with Crippen molar-refractivity contribution < 1.29 is 19.1 Å².